The molecule has 0 bridgehead atoms. The summed E-state index contributed by atoms with van der Waals surface area (Å²) in [5.41, 5.74) is 7.12. The minimum absolute atomic E-state index is 0.145. The summed E-state index contributed by atoms with van der Waals surface area (Å²) in [4.78, 5) is 4.38. The van der Waals surface area contributed by atoms with Gasteiger partial charge >= 0.3 is 0 Å². The molecule has 2 nitrogen and oxygen atoms in total. The third-order valence-corrected chi connectivity index (χ3v) is 1.85. The Morgan fingerprint density at radius 2 is 1.54 bits per heavy atom. The quantitative estimate of drug-likeness (QED) is 0.658. The summed E-state index contributed by atoms with van der Waals surface area (Å²) < 4.78 is 0. The van der Waals surface area contributed by atoms with Gasteiger partial charge in [0.05, 0.1) is 6.67 Å². The molecule has 0 aliphatic rings. The van der Waals surface area contributed by atoms with Crippen molar-refractivity contribution in [3.05, 3.63) is 0 Å². The third-order valence-electron chi connectivity index (χ3n) is 1.85. The summed E-state index contributed by atoms with van der Waals surface area (Å²) in [6, 6.07) is 0. The number of hydrogen-bond donors (Lipinski definition) is 1. The molecule has 0 heterocycles. The minimum Gasteiger partial charge on any atom is -0.312 e. The van der Waals surface area contributed by atoms with Crippen molar-refractivity contribution in [1.82, 2.24) is 0 Å². The molecule has 78 valence electrons. The Kier molecular flexibility index (Phi) is 4.11. The van der Waals surface area contributed by atoms with Gasteiger partial charge in [0.25, 0.3) is 0 Å². The number of aliphatic imine (C=N–C) groups is 1. The van der Waals surface area contributed by atoms with Crippen LogP contribution in [0.15, 0.2) is 4.99 Å². The predicted molar refractivity (Wildman–Crippen MR) is 60.0 cm³/mol. The van der Waals surface area contributed by atoms with Gasteiger partial charge in [-0.15, -0.1) is 0 Å². The maximum atomic E-state index is 5.46. The monoisotopic (exact) mass is 184 g/mol. The fraction of sp³-hybridized carbons (Fsp3) is 0.909. The van der Waals surface area contributed by atoms with Crippen LogP contribution in [-0.4, -0.2) is 12.4 Å². The topological polar surface area (TPSA) is 38.4 Å². The van der Waals surface area contributed by atoms with E-state index < -0.39 is 0 Å². The van der Waals surface area contributed by atoms with Gasteiger partial charge in [-0.2, -0.15) is 0 Å². The van der Waals surface area contributed by atoms with Crippen LogP contribution in [0.4, 0.5) is 0 Å². The molecule has 0 spiro atoms. The molecule has 0 aromatic carbocycles. The highest BCUT2D eigenvalue weighted by Gasteiger charge is 2.23. The molecule has 13 heavy (non-hydrogen) atoms. The van der Waals surface area contributed by atoms with Gasteiger partial charge in [0.15, 0.2) is 0 Å². The zero-order valence-electron chi connectivity index (χ0n) is 9.94. The first-order valence-corrected chi connectivity index (χ1v) is 4.91. The van der Waals surface area contributed by atoms with Crippen molar-refractivity contribution in [2.24, 2.45) is 21.6 Å². The molecule has 0 fully saturated rings. The van der Waals surface area contributed by atoms with E-state index in [4.69, 9.17) is 5.73 Å². The fourth-order valence-corrected chi connectivity index (χ4v) is 1.17. The fourth-order valence-electron chi connectivity index (χ4n) is 1.17. The summed E-state index contributed by atoms with van der Waals surface area (Å²) in [6.07, 6.45) is 1.02. The number of hydrogen-bond acceptors (Lipinski definition) is 2. The Morgan fingerprint density at radius 3 is 1.77 bits per heavy atom. The summed E-state index contributed by atoms with van der Waals surface area (Å²) >= 11 is 0. The molecule has 0 saturated heterocycles. The summed E-state index contributed by atoms with van der Waals surface area (Å²) in [5, 5.41) is 0. The van der Waals surface area contributed by atoms with Crippen LogP contribution in [0, 0.1) is 10.8 Å². The summed E-state index contributed by atoms with van der Waals surface area (Å²) in [6.45, 7) is 13.6. The van der Waals surface area contributed by atoms with E-state index >= 15 is 0 Å². The molecule has 0 aromatic rings. The molecule has 0 aliphatic carbocycles. The highest BCUT2D eigenvalue weighted by Crippen LogP contribution is 2.27. The van der Waals surface area contributed by atoms with E-state index in [1.54, 1.807) is 0 Å². The summed E-state index contributed by atoms with van der Waals surface area (Å²) in [7, 11) is 0. The SMILES string of the molecule is CC(C)(C)C/C(=N\CN)C(C)(C)C. The molecule has 2 heteroatoms. The molecule has 0 rings (SSSR count). The Morgan fingerprint density at radius 1 is 1.08 bits per heavy atom. The normalized spacial score (nSPS) is 14.8. The molecule has 0 aromatic heterocycles. The first-order chi connectivity index (χ1) is 5.67. The molecule has 0 unspecified atom stereocenters. The number of nitrogens with two attached hydrogens (primary N) is 1. The molecule has 0 amide bonds. The van der Waals surface area contributed by atoms with Crippen molar-refractivity contribution >= 4 is 5.71 Å². The lowest BCUT2D eigenvalue weighted by Gasteiger charge is -2.28. The van der Waals surface area contributed by atoms with Gasteiger partial charge in [0.2, 0.25) is 0 Å². The van der Waals surface area contributed by atoms with E-state index in [1.165, 1.54) is 5.71 Å². The smallest absolute Gasteiger partial charge is 0.0859 e. The van der Waals surface area contributed by atoms with E-state index in [9.17, 15) is 0 Å². The minimum atomic E-state index is 0.145. The molecular formula is C11H24N2. The first-order valence-electron chi connectivity index (χ1n) is 4.91. The standard InChI is InChI=1S/C11H24N2/c1-10(2,3)7-9(13-8-12)11(4,5)6/h7-8,12H2,1-6H3/b13-9+. The zero-order valence-corrected chi connectivity index (χ0v) is 9.94. The Labute approximate surface area is 82.6 Å². The molecule has 0 atom stereocenters. The van der Waals surface area contributed by atoms with Crippen LogP contribution >= 0.6 is 0 Å². The average Bonchev–Trinajstić information content (AvgIpc) is 1.81. The maximum Gasteiger partial charge on any atom is 0.0859 e. The first kappa shape index (κ1) is 12.6. The van der Waals surface area contributed by atoms with Crippen LogP contribution in [-0.2, 0) is 0 Å². The predicted octanol–water partition coefficient (Wildman–Crippen LogP) is 2.83. The van der Waals surface area contributed by atoms with Crippen molar-refractivity contribution < 1.29 is 0 Å². The lowest BCUT2D eigenvalue weighted by atomic mass is 9.79. The largest absolute Gasteiger partial charge is 0.312 e. The van der Waals surface area contributed by atoms with Gasteiger partial charge in [-0.05, 0) is 17.3 Å². The van der Waals surface area contributed by atoms with Crippen LogP contribution in [0.5, 0.6) is 0 Å². The van der Waals surface area contributed by atoms with Crippen LogP contribution in [0.1, 0.15) is 48.0 Å². The van der Waals surface area contributed by atoms with E-state index in [0.29, 0.717) is 12.1 Å². The second-order valence-corrected chi connectivity index (χ2v) is 5.77. The molecule has 2 N–H and O–H groups in total. The van der Waals surface area contributed by atoms with Crippen molar-refractivity contribution in [3.63, 3.8) is 0 Å². The molecule has 0 radical (unpaired) electrons. The number of nitrogens with zero attached hydrogens (tertiary/aromatic N) is 1. The number of rotatable bonds is 2. The summed E-state index contributed by atoms with van der Waals surface area (Å²) in [5.74, 6) is 0. The van der Waals surface area contributed by atoms with Gasteiger partial charge in [-0.1, -0.05) is 41.5 Å². The van der Waals surface area contributed by atoms with Crippen molar-refractivity contribution in [2.75, 3.05) is 6.67 Å². The Bertz CT molecular complexity index is 179. The molecular weight excluding hydrogens is 160 g/mol. The lowest BCUT2D eigenvalue weighted by molar-refractivity contribution is 0.412. The average molecular weight is 184 g/mol. The van der Waals surface area contributed by atoms with E-state index in [1.807, 2.05) is 0 Å². The second kappa shape index (κ2) is 4.23. The van der Waals surface area contributed by atoms with Gasteiger partial charge in [0, 0.05) is 5.71 Å². The van der Waals surface area contributed by atoms with Crippen LogP contribution in [0.25, 0.3) is 0 Å². The van der Waals surface area contributed by atoms with E-state index in [2.05, 4.69) is 46.5 Å². The zero-order chi connectivity index (χ0) is 10.7. The van der Waals surface area contributed by atoms with Crippen LogP contribution in [0.3, 0.4) is 0 Å². The molecule has 0 saturated carbocycles. The van der Waals surface area contributed by atoms with Gasteiger partial charge in [-0.25, -0.2) is 0 Å². The van der Waals surface area contributed by atoms with Crippen molar-refractivity contribution in [2.45, 2.75) is 48.0 Å². The Hall–Kier alpha value is -0.370. The van der Waals surface area contributed by atoms with Gasteiger partial charge in [-0.3, -0.25) is 4.99 Å². The third kappa shape index (κ3) is 5.81. The molecule has 0 aliphatic heterocycles. The Balaban J connectivity index is 4.57. The van der Waals surface area contributed by atoms with Crippen molar-refractivity contribution in [3.8, 4) is 0 Å². The maximum absolute atomic E-state index is 5.46. The van der Waals surface area contributed by atoms with E-state index in [0.717, 1.165) is 6.42 Å². The van der Waals surface area contributed by atoms with Crippen LogP contribution < -0.4 is 5.73 Å². The van der Waals surface area contributed by atoms with Gasteiger partial charge in [0.1, 0.15) is 0 Å². The lowest BCUT2D eigenvalue weighted by Crippen LogP contribution is -2.26. The van der Waals surface area contributed by atoms with E-state index in [-0.39, 0.29) is 5.41 Å². The highest BCUT2D eigenvalue weighted by atomic mass is 14.9. The van der Waals surface area contributed by atoms with Gasteiger partial charge < -0.3 is 5.73 Å². The highest BCUT2D eigenvalue weighted by molar-refractivity contribution is 5.89. The van der Waals surface area contributed by atoms with Crippen molar-refractivity contribution in [1.29, 1.82) is 0 Å². The van der Waals surface area contributed by atoms with Crippen LogP contribution in [0.2, 0.25) is 0 Å². The second-order valence-electron chi connectivity index (χ2n) is 5.77.